The molecule has 0 saturated heterocycles. The quantitative estimate of drug-likeness (QED) is 0.517. The number of aliphatic carboxylic acids is 1. The van der Waals surface area contributed by atoms with Gasteiger partial charge in [0, 0.05) is 6.42 Å². The fourth-order valence-corrected chi connectivity index (χ4v) is 1.87. The Balaban J connectivity index is 1.97. The number of aliphatic hydroxyl groups excluding tert-OH is 1. The van der Waals surface area contributed by atoms with E-state index in [2.05, 4.69) is 15.3 Å². The zero-order valence-corrected chi connectivity index (χ0v) is 11.4. The molecule has 1 unspecified atom stereocenters. The smallest absolute Gasteiger partial charge is 0.434 e. The predicted molar refractivity (Wildman–Crippen MR) is 70.7 cm³/mol. The summed E-state index contributed by atoms with van der Waals surface area (Å²) in [6.07, 6.45) is 3.70. The van der Waals surface area contributed by atoms with Gasteiger partial charge in [-0.2, -0.15) is 0 Å². The second-order valence-electron chi connectivity index (χ2n) is 4.57. The lowest BCUT2D eigenvalue weighted by Gasteiger charge is -2.08. The minimum Gasteiger partial charge on any atom is -0.481 e. The Morgan fingerprint density at radius 2 is 2.27 bits per heavy atom. The molecule has 118 valence electrons. The molecule has 0 saturated carbocycles. The molecule has 0 fully saturated rings. The van der Waals surface area contributed by atoms with E-state index >= 15 is 0 Å². The highest BCUT2D eigenvalue weighted by atomic mass is 16.6. The van der Waals surface area contributed by atoms with Crippen LogP contribution >= 0.6 is 0 Å². The van der Waals surface area contributed by atoms with Gasteiger partial charge in [-0.1, -0.05) is 10.2 Å². The Labute approximate surface area is 124 Å². The topological polar surface area (TPSA) is 149 Å². The van der Waals surface area contributed by atoms with E-state index in [4.69, 9.17) is 5.11 Å². The average Bonchev–Trinajstić information content (AvgIpc) is 3.07. The van der Waals surface area contributed by atoms with Crippen LogP contribution in [0.3, 0.4) is 0 Å². The summed E-state index contributed by atoms with van der Waals surface area (Å²) < 4.78 is 2.49. The van der Waals surface area contributed by atoms with E-state index < -0.39 is 17.1 Å². The van der Waals surface area contributed by atoms with Crippen molar-refractivity contribution in [3.05, 3.63) is 34.4 Å². The van der Waals surface area contributed by atoms with E-state index in [9.17, 15) is 20.0 Å². The van der Waals surface area contributed by atoms with Gasteiger partial charge in [0.1, 0.15) is 30.9 Å². The molecule has 1 atom stereocenters. The van der Waals surface area contributed by atoms with Crippen LogP contribution < -0.4 is 0 Å². The molecule has 0 spiro atoms. The van der Waals surface area contributed by atoms with Crippen LogP contribution in [0.1, 0.15) is 31.2 Å². The molecule has 2 heterocycles. The van der Waals surface area contributed by atoms with Crippen molar-refractivity contribution in [1.29, 1.82) is 0 Å². The molecular weight excluding hydrogens is 296 g/mol. The number of aliphatic hydroxyl groups is 1. The molecule has 0 aliphatic carbocycles. The number of hydrogen-bond acceptors (Lipinski definition) is 7. The Kier molecular flexibility index (Phi) is 4.78. The highest BCUT2D eigenvalue weighted by Gasteiger charge is 2.17. The van der Waals surface area contributed by atoms with Crippen molar-refractivity contribution >= 4 is 11.9 Å². The maximum absolute atomic E-state index is 10.8. The lowest BCUT2D eigenvalue weighted by molar-refractivity contribution is -0.396. The normalized spacial score (nSPS) is 12.2. The van der Waals surface area contributed by atoms with E-state index in [1.807, 2.05) is 0 Å². The van der Waals surface area contributed by atoms with Crippen molar-refractivity contribution in [1.82, 2.24) is 24.5 Å². The summed E-state index contributed by atoms with van der Waals surface area (Å²) in [7, 11) is 0. The number of carboxylic acid groups (broad SMARTS) is 1. The number of imidazole rings is 1. The standard InChI is InChI=1S/C11H14N6O5/c18-9(2-1-3-10(19)20)16-7-8(13-14-16)6-15-5-4-12-11(15)17(21)22/h4-5,7,9,18H,1-3,6H2,(H,19,20). The number of nitrogens with zero attached hydrogens (tertiary/aromatic N) is 6. The molecular formula is C11H14N6O5. The maximum atomic E-state index is 10.8. The molecule has 11 nitrogen and oxygen atoms in total. The second kappa shape index (κ2) is 6.76. The lowest BCUT2D eigenvalue weighted by Crippen LogP contribution is -2.09. The van der Waals surface area contributed by atoms with Gasteiger partial charge in [-0.15, -0.1) is 5.10 Å². The van der Waals surface area contributed by atoms with Crippen LogP contribution in [-0.2, 0) is 11.3 Å². The van der Waals surface area contributed by atoms with Crippen LogP contribution in [0.4, 0.5) is 5.95 Å². The molecule has 0 radical (unpaired) electrons. The minimum absolute atomic E-state index is 0.0418. The van der Waals surface area contributed by atoms with Crippen LogP contribution in [0.15, 0.2) is 18.6 Å². The summed E-state index contributed by atoms with van der Waals surface area (Å²) in [4.78, 5) is 24.2. The zero-order valence-electron chi connectivity index (χ0n) is 11.4. The summed E-state index contributed by atoms with van der Waals surface area (Å²) in [5.74, 6) is -1.24. The van der Waals surface area contributed by atoms with Crippen molar-refractivity contribution in [2.24, 2.45) is 0 Å². The van der Waals surface area contributed by atoms with E-state index in [-0.39, 0.29) is 25.3 Å². The van der Waals surface area contributed by atoms with Gasteiger partial charge in [0.15, 0.2) is 0 Å². The number of aromatic nitrogens is 5. The minimum atomic E-state index is -0.988. The van der Waals surface area contributed by atoms with Crippen molar-refractivity contribution in [3.8, 4) is 0 Å². The first kappa shape index (κ1) is 15.6. The summed E-state index contributed by atoms with van der Waals surface area (Å²) in [6.45, 7) is 0.0954. The van der Waals surface area contributed by atoms with Gasteiger partial charge in [-0.25, -0.2) is 9.25 Å². The molecule has 22 heavy (non-hydrogen) atoms. The van der Waals surface area contributed by atoms with E-state index in [0.717, 1.165) is 0 Å². The van der Waals surface area contributed by atoms with Crippen LogP contribution in [0.2, 0.25) is 0 Å². The molecule has 2 N–H and O–H groups in total. The largest absolute Gasteiger partial charge is 0.481 e. The van der Waals surface area contributed by atoms with Crippen molar-refractivity contribution in [3.63, 3.8) is 0 Å². The Bertz CT molecular complexity index is 665. The summed E-state index contributed by atoms with van der Waals surface area (Å²) >= 11 is 0. The zero-order chi connectivity index (χ0) is 16.1. The third kappa shape index (κ3) is 3.85. The van der Waals surface area contributed by atoms with Crippen LogP contribution in [0.5, 0.6) is 0 Å². The van der Waals surface area contributed by atoms with Gasteiger partial charge < -0.3 is 20.3 Å². The number of rotatable bonds is 8. The van der Waals surface area contributed by atoms with Gasteiger partial charge in [-0.3, -0.25) is 4.79 Å². The molecule has 2 aromatic heterocycles. The molecule has 0 bridgehead atoms. The first-order valence-electron chi connectivity index (χ1n) is 6.43. The van der Waals surface area contributed by atoms with Gasteiger partial charge in [-0.05, 0) is 17.8 Å². The van der Waals surface area contributed by atoms with Crippen molar-refractivity contribution < 1.29 is 19.9 Å². The van der Waals surface area contributed by atoms with Crippen molar-refractivity contribution in [2.45, 2.75) is 32.0 Å². The first-order valence-corrected chi connectivity index (χ1v) is 6.43. The summed E-state index contributed by atoms with van der Waals surface area (Å²) in [6, 6.07) is 0. The van der Waals surface area contributed by atoms with Gasteiger partial charge in [0.25, 0.3) is 0 Å². The van der Waals surface area contributed by atoms with E-state index in [1.54, 1.807) is 0 Å². The fourth-order valence-electron chi connectivity index (χ4n) is 1.87. The number of nitro groups is 1. The Hall–Kier alpha value is -2.82. The molecule has 0 aliphatic rings. The number of carbonyl (C=O) groups is 1. The van der Waals surface area contributed by atoms with Crippen LogP contribution in [-0.4, -0.2) is 45.7 Å². The highest BCUT2D eigenvalue weighted by molar-refractivity contribution is 5.66. The lowest BCUT2D eigenvalue weighted by atomic mass is 10.2. The second-order valence-corrected chi connectivity index (χ2v) is 4.57. The van der Waals surface area contributed by atoms with Gasteiger partial charge >= 0.3 is 11.9 Å². The molecule has 0 aliphatic heterocycles. The van der Waals surface area contributed by atoms with E-state index in [0.29, 0.717) is 12.1 Å². The summed E-state index contributed by atoms with van der Waals surface area (Å²) in [5, 5.41) is 36.7. The molecule has 2 rings (SSSR count). The first-order chi connectivity index (χ1) is 10.5. The monoisotopic (exact) mass is 310 g/mol. The third-order valence-electron chi connectivity index (χ3n) is 2.91. The molecule has 2 aromatic rings. The fraction of sp³-hybridized carbons (Fsp3) is 0.455. The van der Waals surface area contributed by atoms with Crippen LogP contribution in [0.25, 0.3) is 0 Å². The molecule has 11 heteroatoms. The Morgan fingerprint density at radius 1 is 1.50 bits per heavy atom. The highest BCUT2D eigenvalue weighted by Crippen LogP contribution is 2.13. The van der Waals surface area contributed by atoms with Crippen LogP contribution in [0, 0.1) is 10.1 Å². The number of carboxylic acids is 1. The molecule has 0 amide bonds. The SMILES string of the molecule is O=C(O)CCCC(O)n1cc(Cn2ccnc2[N+](=O)[O-])nn1. The van der Waals surface area contributed by atoms with Gasteiger partial charge in [0.05, 0.1) is 6.20 Å². The van der Waals surface area contributed by atoms with Gasteiger partial charge in [0.2, 0.25) is 0 Å². The molecule has 0 aromatic carbocycles. The summed E-state index contributed by atoms with van der Waals surface area (Å²) in [5.41, 5.74) is 0.415. The predicted octanol–water partition coefficient (Wildman–Crippen LogP) is 0.177. The van der Waals surface area contributed by atoms with E-state index in [1.165, 1.54) is 27.8 Å². The maximum Gasteiger partial charge on any atom is 0.434 e. The van der Waals surface area contributed by atoms with Crippen molar-refractivity contribution in [2.75, 3.05) is 0 Å². The number of hydrogen-bond donors (Lipinski definition) is 2. The third-order valence-corrected chi connectivity index (χ3v) is 2.91. The average molecular weight is 310 g/mol. The Morgan fingerprint density at radius 3 is 2.95 bits per heavy atom.